The van der Waals surface area contributed by atoms with Crippen LogP contribution >= 0.6 is 11.3 Å². The van der Waals surface area contributed by atoms with E-state index in [1.807, 2.05) is 59.9 Å². The highest BCUT2D eigenvalue weighted by atomic mass is 32.1. The van der Waals surface area contributed by atoms with Gasteiger partial charge in [0.15, 0.2) is 0 Å². The molecule has 4 heterocycles. The minimum absolute atomic E-state index is 0.570. The number of para-hydroxylation sites is 2. The van der Waals surface area contributed by atoms with Gasteiger partial charge in [-0.15, -0.1) is 11.3 Å². The summed E-state index contributed by atoms with van der Waals surface area (Å²) >= 11 is 1.86. The second-order valence-electron chi connectivity index (χ2n) is 14.9. The first-order valence-corrected chi connectivity index (χ1v) is 20.4. The smallest absolute Gasteiger partial charge is 0.235 e. The Kier molecular flexibility index (Phi) is 7.40. The van der Waals surface area contributed by atoms with E-state index in [1.165, 1.54) is 47.7 Å². The topological polar surface area (TPSA) is 59.4 Å². The lowest BCUT2D eigenvalue weighted by molar-refractivity contribution is 0.995. The van der Waals surface area contributed by atoms with Crippen LogP contribution < -0.4 is 0 Å². The van der Waals surface area contributed by atoms with Gasteiger partial charge in [-0.3, -0.25) is 4.57 Å². The van der Waals surface area contributed by atoms with Gasteiger partial charge in [0.25, 0.3) is 0 Å². The van der Waals surface area contributed by atoms with Crippen LogP contribution in [0.2, 0.25) is 0 Å². The number of hydrogen-bond donors (Lipinski definition) is 0. The van der Waals surface area contributed by atoms with Crippen LogP contribution in [-0.2, 0) is 0 Å². The van der Waals surface area contributed by atoms with Gasteiger partial charge < -0.3 is 4.57 Å². The maximum absolute atomic E-state index is 9.74. The first kappa shape index (κ1) is 33.3. The van der Waals surface area contributed by atoms with E-state index in [9.17, 15) is 5.26 Å². The van der Waals surface area contributed by atoms with Crippen molar-refractivity contribution in [2.45, 2.75) is 0 Å². The average Bonchev–Trinajstić information content (AvgIpc) is 3.96. The predicted octanol–water partition coefficient (Wildman–Crippen LogP) is 13.9. The molecule has 5 nitrogen and oxygen atoms in total. The molecule has 6 heteroatoms. The van der Waals surface area contributed by atoms with Gasteiger partial charge in [0, 0.05) is 48.1 Å². The van der Waals surface area contributed by atoms with Crippen molar-refractivity contribution in [2.24, 2.45) is 0 Å². The molecule has 0 N–H and O–H groups in total. The largest absolute Gasteiger partial charge is 0.308 e. The minimum atomic E-state index is 0.570. The van der Waals surface area contributed by atoms with Gasteiger partial charge in [0.05, 0.1) is 55.5 Å². The van der Waals surface area contributed by atoms with Crippen LogP contribution in [0.3, 0.4) is 0 Å². The molecule has 0 radical (unpaired) electrons. The highest BCUT2D eigenvalue weighted by Crippen LogP contribution is 2.42. The van der Waals surface area contributed by atoms with Gasteiger partial charge in [-0.2, -0.15) is 5.26 Å². The maximum atomic E-state index is 9.74. The maximum Gasteiger partial charge on any atom is 0.235 e. The molecule has 0 aliphatic heterocycles. The standard InChI is InChI=1S/C53H31N5S/c54-32-33-12-10-15-37(28-33)45-31-44(34-13-2-1-3-14-34)55-53(56-45)58-47-21-8-4-16-38(47)40-26-24-36(30-50(40)58)35-25-27-48-43(29-35)39-17-5-7-20-46(39)57(48)49-22-11-19-42-41-18-6-9-23-51(41)59-52(42)49/h1-31H. The Bertz CT molecular complexity index is 3700. The SMILES string of the molecule is N#Cc1cccc(-c2cc(-c3ccccc3)nc(-n3c4ccccc4c4ccc(-c5ccc6c(c5)c5ccccc5n6-c5cccc6c5sc5ccccc56)cc43)n2)c1. The molecule has 12 aromatic rings. The van der Waals surface area contributed by atoms with E-state index in [0.717, 1.165) is 55.4 Å². The van der Waals surface area contributed by atoms with E-state index in [4.69, 9.17) is 9.97 Å². The van der Waals surface area contributed by atoms with Gasteiger partial charge in [-0.1, -0.05) is 127 Å². The quantitative estimate of drug-likeness (QED) is 0.175. The molecule has 8 aromatic carbocycles. The predicted molar refractivity (Wildman–Crippen MR) is 245 cm³/mol. The molecule has 0 amide bonds. The summed E-state index contributed by atoms with van der Waals surface area (Å²) in [5.41, 5.74) is 11.8. The molecule has 4 aromatic heterocycles. The molecule has 0 atom stereocenters. The van der Waals surface area contributed by atoms with Gasteiger partial charge >= 0.3 is 0 Å². The second kappa shape index (κ2) is 13.1. The van der Waals surface area contributed by atoms with Crippen molar-refractivity contribution in [1.82, 2.24) is 19.1 Å². The lowest BCUT2D eigenvalue weighted by Gasteiger charge is -2.12. The van der Waals surface area contributed by atoms with Gasteiger partial charge in [0.2, 0.25) is 5.95 Å². The first-order valence-electron chi connectivity index (χ1n) is 19.6. The van der Waals surface area contributed by atoms with Crippen molar-refractivity contribution in [3.05, 3.63) is 194 Å². The fraction of sp³-hybridized carbons (Fsp3) is 0. The van der Waals surface area contributed by atoms with Crippen LogP contribution in [0.1, 0.15) is 5.56 Å². The summed E-state index contributed by atoms with van der Waals surface area (Å²) in [7, 11) is 0. The second-order valence-corrected chi connectivity index (χ2v) is 16.0. The monoisotopic (exact) mass is 769 g/mol. The molecule has 0 aliphatic rings. The van der Waals surface area contributed by atoms with Crippen molar-refractivity contribution in [1.29, 1.82) is 5.26 Å². The molecule has 0 bridgehead atoms. The summed E-state index contributed by atoms with van der Waals surface area (Å²) in [6.45, 7) is 0. The number of rotatable bonds is 5. The average molecular weight is 770 g/mol. The molecule has 0 saturated carbocycles. The van der Waals surface area contributed by atoms with E-state index in [0.29, 0.717) is 11.5 Å². The Hall–Kier alpha value is -7.85. The van der Waals surface area contributed by atoms with Gasteiger partial charge in [0.1, 0.15) is 0 Å². The summed E-state index contributed by atoms with van der Waals surface area (Å²) in [4.78, 5) is 10.5. The lowest BCUT2D eigenvalue weighted by atomic mass is 10.0. The third-order valence-corrected chi connectivity index (χ3v) is 12.8. The fourth-order valence-electron chi connectivity index (χ4n) is 8.87. The van der Waals surface area contributed by atoms with Gasteiger partial charge in [-0.05, 0) is 71.8 Å². The van der Waals surface area contributed by atoms with Gasteiger partial charge in [-0.25, -0.2) is 9.97 Å². The van der Waals surface area contributed by atoms with E-state index in [1.54, 1.807) is 0 Å². The zero-order valence-corrected chi connectivity index (χ0v) is 32.4. The third-order valence-electron chi connectivity index (χ3n) is 11.6. The van der Waals surface area contributed by atoms with Crippen molar-refractivity contribution >= 4 is 75.1 Å². The number of hydrogen-bond acceptors (Lipinski definition) is 4. The van der Waals surface area contributed by atoms with E-state index in [-0.39, 0.29) is 0 Å². The van der Waals surface area contributed by atoms with Crippen LogP contribution in [0.15, 0.2) is 188 Å². The summed E-state index contributed by atoms with van der Waals surface area (Å²) in [6, 6.07) is 68.4. The number of nitrogens with zero attached hydrogens (tertiary/aromatic N) is 5. The summed E-state index contributed by atoms with van der Waals surface area (Å²) in [6.07, 6.45) is 0. The van der Waals surface area contributed by atoms with Crippen LogP contribution in [-0.4, -0.2) is 19.1 Å². The van der Waals surface area contributed by atoms with Crippen molar-refractivity contribution in [3.63, 3.8) is 0 Å². The minimum Gasteiger partial charge on any atom is -0.308 e. The molecular weight excluding hydrogens is 739 g/mol. The van der Waals surface area contributed by atoms with E-state index in [2.05, 4.69) is 155 Å². The van der Waals surface area contributed by atoms with Crippen LogP contribution in [0, 0.1) is 11.3 Å². The molecule has 59 heavy (non-hydrogen) atoms. The summed E-state index contributed by atoms with van der Waals surface area (Å²) in [5.74, 6) is 0.570. The van der Waals surface area contributed by atoms with Crippen molar-refractivity contribution in [2.75, 3.05) is 0 Å². The number of nitriles is 1. The zero-order chi connectivity index (χ0) is 39.0. The number of aromatic nitrogens is 4. The van der Waals surface area contributed by atoms with Crippen molar-refractivity contribution in [3.8, 4) is 51.3 Å². The Morgan fingerprint density at radius 3 is 1.85 bits per heavy atom. The lowest BCUT2D eigenvalue weighted by Crippen LogP contribution is -2.04. The Balaban J connectivity index is 1.07. The van der Waals surface area contributed by atoms with Crippen LogP contribution in [0.5, 0.6) is 0 Å². The molecule has 0 fully saturated rings. The zero-order valence-electron chi connectivity index (χ0n) is 31.5. The molecule has 12 rings (SSSR count). The Morgan fingerprint density at radius 1 is 0.407 bits per heavy atom. The Labute approximate surface area is 342 Å². The molecule has 0 saturated heterocycles. The molecule has 0 spiro atoms. The highest BCUT2D eigenvalue weighted by molar-refractivity contribution is 7.26. The highest BCUT2D eigenvalue weighted by Gasteiger charge is 2.20. The van der Waals surface area contributed by atoms with Crippen molar-refractivity contribution < 1.29 is 0 Å². The molecular formula is C53H31N5S. The number of thiophene rings is 1. The molecule has 0 unspecified atom stereocenters. The summed E-state index contributed by atoms with van der Waals surface area (Å²) < 4.78 is 7.22. The van der Waals surface area contributed by atoms with E-state index < -0.39 is 0 Å². The first-order chi connectivity index (χ1) is 29.2. The fourth-order valence-corrected chi connectivity index (χ4v) is 10.1. The number of benzene rings is 8. The van der Waals surface area contributed by atoms with E-state index >= 15 is 0 Å². The normalized spacial score (nSPS) is 11.7. The number of fused-ring (bicyclic) bond motifs is 9. The Morgan fingerprint density at radius 2 is 1.02 bits per heavy atom. The van der Waals surface area contributed by atoms with Crippen LogP contribution in [0.25, 0.3) is 109 Å². The molecule has 0 aliphatic carbocycles. The third kappa shape index (κ3) is 5.23. The summed E-state index contributed by atoms with van der Waals surface area (Å²) in [5, 5.41) is 17.0. The molecule has 274 valence electrons. The van der Waals surface area contributed by atoms with Crippen LogP contribution in [0.4, 0.5) is 0 Å².